The maximum atomic E-state index is 12.8. The van der Waals surface area contributed by atoms with Crippen LogP contribution in [0.25, 0.3) is 0 Å². The Bertz CT molecular complexity index is 1030. The highest BCUT2D eigenvalue weighted by Crippen LogP contribution is 2.21. The Labute approximate surface area is 197 Å². The Morgan fingerprint density at radius 1 is 1.03 bits per heavy atom. The van der Waals surface area contributed by atoms with Gasteiger partial charge in [0.2, 0.25) is 0 Å². The first-order valence-electron chi connectivity index (χ1n) is 11.3. The highest BCUT2D eigenvalue weighted by Gasteiger charge is 2.19. The summed E-state index contributed by atoms with van der Waals surface area (Å²) in [5.41, 5.74) is 1.51. The van der Waals surface area contributed by atoms with E-state index in [1.807, 2.05) is 0 Å². The first-order valence-corrected chi connectivity index (χ1v) is 12.8. The number of anilines is 1. The van der Waals surface area contributed by atoms with Crippen molar-refractivity contribution in [3.63, 3.8) is 0 Å². The maximum Gasteiger partial charge on any atom is 0.261 e. The van der Waals surface area contributed by atoms with Crippen molar-refractivity contribution in [2.45, 2.75) is 25.2 Å². The second-order valence-electron chi connectivity index (χ2n) is 8.20. The van der Waals surface area contributed by atoms with Crippen LogP contribution in [0.2, 0.25) is 0 Å². The molecule has 2 N–H and O–H groups in total. The van der Waals surface area contributed by atoms with Crippen LogP contribution in [0.4, 0.5) is 5.69 Å². The monoisotopic (exact) mass is 474 g/mol. The van der Waals surface area contributed by atoms with Crippen molar-refractivity contribution < 1.29 is 17.9 Å². The van der Waals surface area contributed by atoms with Gasteiger partial charge in [0.25, 0.3) is 15.9 Å². The number of rotatable bonds is 10. The summed E-state index contributed by atoms with van der Waals surface area (Å²) < 4.78 is 33.3. The van der Waals surface area contributed by atoms with E-state index in [-0.39, 0.29) is 10.8 Å². The largest absolute Gasteiger partial charge is 0.497 e. The molecule has 0 saturated carbocycles. The van der Waals surface area contributed by atoms with Crippen LogP contribution < -0.4 is 14.8 Å². The molecule has 2 aromatic carbocycles. The van der Waals surface area contributed by atoms with Gasteiger partial charge in [0.05, 0.1) is 12.0 Å². The maximum absolute atomic E-state index is 12.8. The Balaban J connectivity index is 1.56. The van der Waals surface area contributed by atoms with Gasteiger partial charge in [0, 0.05) is 44.0 Å². The van der Waals surface area contributed by atoms with Crippen molar-refractivity contribution in [3.8, 4) is 5.75 Å². The number of amides is 1. The minimum atomic E-state index is -3.83. The highest BCUT2D eigenvalue weighted by atomic mass is 32.2. The summed E-state index contributed by atoms with van der Waals surface area (Å²) >= 11 is 0. The van der Waals surface area contributed by atoms with Crippen molar-refractivity contribution in [1.29, 1.82) is 0 Å². The highest BCUT2D eigenvalue weighted by molar-refractivity contribution is 7.92. The lowest BCUT2D eigenvalue weighted by atomic mass is 10.1. The molecule has 9 heteroatoms. The van der Waals surface area contributed by atoms with Crippen LogP contribution in [0.1, 0.15) is 29.3 Å². The molecule has 2 aromatic rings. The van der Waals surface area contributed by atoms with E-state index in [4.69, 9.17) is 4.74 Å². The molecule has 1 heterocycles. The fourth-order valence-electron chi connectivity index (χ4n) is 3.81. The van der Waals surface area contributed by atoms with Gasteiger partial charge >= 0.3 is 0 Å². The Morgan fingerprint density at radius 2 is 1.70 bits per heavy atom. The van der Waals surface area contributed by atoms with Gasteiger partial charge in [-0.2, -0.15) is 0 Å². The molecule has 3 rings (SSSR count). The SMILES string of the molecule is CCN1CCN(CCCNC(=O)c2cc(S(=O)(=O)Nc3ccc(OC)cc3)ccc2C)CC1. The van der Waals surface area contributed by atoms with Gasteiger partial charge in [-0.15, -0.1) is 0 Å². The minimum absolute atomic E-state index is 0.0443. The van der Waals surface area contributed by atoms with Crippen molar-refractivity contribution in [1.82, 2.24) is 15.1 Å². The molecule has 1 saturated heterocycles. The van der Waals surface area contributed by atoms with E-state index in [9.17, 15) is 13.2 Å². The molecule has 180 valence electrons. The molecule has 1 amide bonds. The second-order valence-corrected chi connectivity index (χ2v) is 9.88. The zero-order valence-electron chi connectivity index (χ0n) is 19.6. The van der Waals surface area contributed by atoms with Crippen molar-refractivity contribution in [3.05, 3.63) is 53.6 Å². The number of methoxy groups -OCH3 is 1. The van der Waals surface area contributed by atoms with E-state index in [1.165, 1.54) is 12.1 Å². The lowest BCUT2D eigenvalue weighted by Crippen LogP contribution is -2.46. The number of benzene rings is 2. The third kappa shape index (κ3) is 6.93. The lowest BCUT2D eigenvalue weighted by molar-refractivity contribution is 0.0947. The molecular weight excluding hydrogens is 440 g/mol. The molecule has 0 spiro atoms. The number of carbonyl (C=O) groups excluding carboxylic acids is 1. The summed E-state index contributed by atoms with van der Waals surface area (Å²) in [7, 11) is -2.29. The molecule has 0 unspecified atom stereocenters. The zero-order valence-corrected chi connectivity index (χ0v) is 20.5. The number of carbonyl (C=O) groups is 1. The van der Waals surface area contributed by atoms with Gasteiger partial charge in [-0.05, 0) is 68.4 Å². The summed E-state index contributed by atoms with van der Waals surface area (Å²) in [4.78, 5) is 17.6. The number of sulfonamides is 1. The van der Waals surface area contributed by atoms with Crippen molar-refractivity contribution in [2.24, 2.45) is 0 Å². The summed E-state index contributed by atoms with van der Waals surface area (Å²) in [6, 6.07) is 11.2. The van der Waals surface area contributed by atoms with E-state index in [1.54, 1.807) is 44.4 Å². The van der Waals surface area contributed by atoms with Crippen LogP contribution >= 0.6 is 0 Å². The summed E-state index contributed by atoms with van der Waals surface area (Å²) in [5, 5.41) is 2.94. The van der Waals surface area contributed by atoms with E-state index in [0.29, 0.717) is 23.5 Å². The number of ether oxygens (including phenoxy) is 1. The van der Waals surface area contributed by atoms with Crippen LogP contribution in [0, 0.1) is 6.92 Å². The fraction of sp³-hybridized carbons (Fsp3) is 0.458. The van der Waals surface area contributed by atoms with Gasteiger partial charge in [-0.1, -0.05) is 13.0 Å². The minimum Gasteiger partial charge on any atom is -0.497 e. The van der Waals surface area contributed by atoms with Crippen LogP contribution in [0.3, 0.4) is 0 Å². The van der Waals surface area contributed by atoms with Crippen LogP contribution in [0.15, 0.2) is 47.4 Å². The number of nitrogens with zero attached hydrogens (tertiary/aromatic N) is 2. The molecule has 1 aliphatic heterocycles. The molecule has 8 nitrogen and oxygen atoms in total. The number of piperazine rings is 1. The quantitative estimate of drug-likeness (QED) is 0.515. The average Bonchev–Trinajstić information content (AvgIpc) is 2.82. The molecule has 0 aromatic heterocycles. The fourth-order valence-corrected chi connectivity index (χ4v) is 4.90. The second kappa shape index (κ2) is 11.5. The molecule has 1 fully saturated rings. The lowest BCUT2D eigenvalue weighted by Gasteiger charge is -2.33. The topological polar surface area (TPSA) is 91.0 Å². The molecular formula is C24H34N4O4S. The first-order chi connectivity index (χ1) is 15.8. The van der Waals surface area contributed by atoms with Gasteiger partial charge in [0.1, 0.15) is 5.75 Å². The van der Waals surface area contributed by atoms with Gasteiger partial charge in [-0.3, -0.25) is 9.52 Å². The van der Waals surface area contributed by atoms with Crippen LogP contribution in [-0.2, 0) is 10.0 Å². The summed E-state index contributed by atoms with van der Waals surface area (Å²) in [5.74, 6) is 0.375. The van der Waals surface area contributed by atoms with Crippen molar-refractivity contribution >= 4 is 21.6 Å². The number of aryl methyl sites for hydroxylation is 1. The molecule has 33 heavy (non-hydrogen) atoms. The Hall–Kier alpha value is -2.62. The Kier molecular flexibility index (Phi) is 8.71. The molecule has 0 radical (unpaired) electrons. The molecule has 0 atom stereocenters. The van der Waals surface area contributed by atoms with Crippen molar-refractivity contribution in [2.75, 3.05) is 57.6 Å². The average molecular weight is 475 g/mol. The third-order valence-electron chi connectivity index (χ3n) is 5.95. The predicted molar refractivity (Wildman–Crippen MR) is 130 cm³/mol. The van der Waals surface area contributed by atoms with Crippen LogP contribution in [0.5, 0.6) is 5.75 Å². The van der Waals surface area contributed by atoms with Crippen LogP contribution in [-0.4, -0.2) is 77.0 Å². The van der Waals surface area contributed by atoms with E-state index in [2.05, 4.69) is 26.8 Å². The number of hydrogen-bond acceptors (Lipinski definition) is 6. The van der Waals surface area contributed by atoms with E-state index >= 15 is 0 Å². The zero-order chi connectivity index (χ0) is 23.8. The van der Waals surface area contributed by atoms with E-state index in [0.717, 1.165) is 51.3 Å². The molecule has 1 aliphatic rings. The number of hydrogen-bond donors (Lipinski definition) is 2. The van der Waals surface area contributed by atoms with E-state index < -0.39 is 10.0 Å². The van der Waals surface area contributed by atoms with Gasteiger partial charge in [0.15, 0.2) is 0 Å². The van der Waals surface area contributed by atoms with Gasteiger partial charge < -0.3 is 19.9 Å². The standard InChI is InChI=1S/C24H34N4O4S/c1-4-27-14-16-28(17-15-27)13-5-12-25-24(29)23-18-22(11-6-19(23)2)33(30,31)26-20-7-9-21(32-3)10-8-20/h6-11,18,26H,4-5,12-17H2,1-3H3,(H,25,29). The third-order valence-corrected chi connectivity index (χ3v) is 7.33. The predicted octanol–water partition coefficient (Wildman–Crippen LogP) is 2.56. The smallest absolute Gasteiger partial charge is 0.261 e. The number of likely N-dealkylation sites (N-methyl/N-ethyl adjacent to an activating group) is 1. The summed E-state index contributed by atoms with van der Waals surface area (Å²) in [6.45, 7) is 10.9. The first kappa shape index (κ1) is 25.0. The van der Waals surface area contributed by atoms with Gasteiger partial charge in [-0.25, -0.2) is 8.42 Å². The normalized spacial score (nSPS) is 15.2. The molecule has 0 aliphatic carbocycles. The Morgan fingerprint density at radius 3 is 2.33 bits per heavy atom. The molecule has 0 bridgehead atoms. The summed E-state index contributed by atoms with van der Waals surface area (Å²) in [6.07, 6.45) is 0.855. The number of nitrogens with one attached hydrogen (secondary N) is 2.